The van der Waals surface area contributed by atoms with Gasteiger partial charge in [0, 0.05) is 22.4 Å². The number of pyridine rings is 1. The Morgan fingerprint density at radius 1 is 1.38 bits per heavy atom. The predicted octanol–water partition coefficient (Wildman–Crippen LogP) is 3.41. The molecular formula is C13H21BrN2. The van der Waals surface area contributed by atoms with Crippen LogP contribution in [0.3, 0.4) is 0 Å². The molecule has 0 amide bonds. The van der Waals surface area contributed by atoms with Gasteiger partial charge in [0.25, 0.3) is 0 Å². The zero-order valence-electron chi connectivity index (χ0n) is 10.3. The van der Waals surface area contributed by atoms with Crippen LogP contribution in [0.2, 0.25) is 0 Å². The molecule has 1 atom stereocenters. The summed E-state index contributed by atoms with van der Waals surface area (Å²) in [5, 5.41) is 3.37. The van der Waals surface area contributed by atoms with E-state index in [1.54, 1.807) is 0 Å². The molecule has 0 aliphatic heterocycles. The average Bonchev–Trinajstić information content (AvgIpc) is 2.26. The van der Waals surface area contributed by atoms with Crippen LogP contribution in [0.4, 0.5) is 0 Å². The van der Waals surface area contributed by atoms with Crippen LogP contribution in [0.5, 0.6) is 0 Å². The Morgan fingerprint density at radius 2 is 2.12 bits per heavy atom. The molecule has 16 heavy (non-hydrogen) atoms. The number of aryl methyl sites for hydroxylation is 1. The zero-order valence-corrected chi connectivity index (χ0v) is 11.9. The van der Waals surface area contributed by atoms with E-state index < -0.39 is 0 Å². The summed E-state index contributed by atoms with van der Waals surface area (Å²) in [6, 6.07) is 4.77. The third-order valence-corrected chi connectivity index (χ3v) is 3.38. The van der Waals surface area contributed by atoms with Crippen molar-refractivity contribution in [1.82, 2.24) is 10.3 Å². The van der Waals surface area contributed by atoms with Gasteiger partial charge in [0.15, 0.2) is 0 Å². The highest BCUT2D eigenvalue weighted by atomic mass is 79.9. The van der Waals surface area contributed by atoms with Gasteiger partial charge in [-0.05, 0) is 60.3 Å². The largest absolute Gasteiger partial charge is 0.317 e. The van der Waals surface area contributed by atoms with Crippen molar-refractivity contribution in [2.45, 2.75) is 39.2 Å². The molecule has 0 saturated carbocycles. The maximum Gasteiger partial charge on any atom is 0.0413 e. The second-order valence-electron chi connectivity index (χ2n) is 4.50. The van der Waals surface area contributed by atoms with Gasteiger partial charge in [-0.3, -0.25) is 4.98 Å². The molecule has 0 aromatic carbocycles. The lowest BCUT2D eigenvalue weighted by Crippen LogP contribution is -2.30. The number of nitrogens with zero attached hydrogens (tertiary/aromatic N) is 1. The predicted molar refractivity (Wildman–Crippen MR) is 72.6 cm³/mol. The van der Waals surface area contributed by atoms with E-state index in [1.165, 1.54) is 18.5 Å². The third kappa shape index (κ3) is 4.62. The molecule has 0 fully saturated rings. The van der Waals surface area contributed by atoms with Crippen molar-refractivity contribution in [3.63, 3.8) is 0 Å². The topological polar surface area (TPSA) is 24.9 Å². The molecule has 1 aromatic heterocycles. The third-order valence-electron chi connectivity index (χ3n) is 2.91. The molecule has 2 nitrogen and oxygen atoms in total. The summed E-state index contributed by atoms with van der Waals surface area (Å²) in [5.41, 5.74) is 1.18. The summed E-state index contributed by atoms with van der Waals surface area (Å²) in [6.45, 7) is 4.53. The summed E-state index contributed by atoms with van der Waals surface area (Å²) in [7, 11) is 2.04. The SMILES string of the molecule is CNC(CCCc1ccc(Br)cn1)C(C)C. The minimum atomic E-state index is 0.621. The lowest BCUT2D eigenvalue weighted by atomic mass is 9.98. The molecule has 1 heterocycles. The molecule has 0 aliphatic carbocycles. The average molecular weight is 285 g/mol. The second-order valence-corrected chi connectivity index (χ2v) is 5.41. The van der Waals surface area contributed by atoms with Crippen LogP contribution in [0.1, 0.15) is 32.4 Å². The monoisotopic (exact) mass is 284 g/mol. The molecule has 0 radical (unpaired) electrons. The van der Waals surface area contributed by atoms with Gasteiger partial charge >= 0.3 is 0 Å². The molecular weight excluding hydrogens is 264 g/mol. The maximum absolute atomic E-state index is 4.38. The van der Waals surface area contributed by atoms with Crippen LogP contribution < -0.4 is 5.32 Å². The quantitative estimate of drug-likeness (QED) is 0.866. The van der Waals surface area contributed by atoms with Gasteiger partial charge in [-0.2, -0.15) is 0 Å². The van der Waals surface area contributed by atoms with Crippen LogP contribution in [0, 0.1) is 5.92 Å². The first-order valence-electron chi connectivity index (χ1n) is 5.91. The Hall–Kier alpha value is -0.410. The summed E-state index contributed by atoms with van der Waals surface area (Å²) in [6.07, 6.45) is 5.34. The molecule has 0 aliphatic rings. The Morgan fingerprint density at radius 3 is 2.62 bits per heavy atom. The number of hydrogen-bond donors (Lipinski definition) is 1. The zero-order chi connectivity index (χ0) is 12.0. The number of nitrogens with one attached hydrogen (secondary N) is 1. The first-order valence-corrected chi connectivity index (χ1v) is 6.70. The van der Waals surface area contributed by atoms with Crippen molar-refractivity contribution in [2.75, 3.05) is 7.05 Å². The fourth-order valence-electron chi connectivity index (χ4n) is 1.87. The molecule has 0 spiro atoms. The van der Waals surface area contributed by atoms with Crippen LogP contribution in [-0.4, -0.2) is 18.1 Å². The van der Waals surface area contributed by atoms with E-state index in [0.717, 1.165) is 10.9 Å². The normalized spacial score (nSPS) is 13.1. The van der Waals surface area contributed by atoms with Gasteiger partial charge in [-0.25, -0.2) is 0 Å². The number of rotatable bonds is 6. The van der Waals surface area contributed by atoms with Crippen molar-refractivity contribution < 1.29 is 0 Å². The highest BCUT2D eigenvalue weighted by Gasteiger charge is 2.09. The lowest BCUT2D eigenvalue weighted by molar-refractivity contribution is 0.393. The molecule has 90 valence electrons. The summed E-state index contributed by atoms with van der Waals surface area (Å²) >= 11 is 3.39. The van der Waals surface area contributed by atoms with E-state index in [1.807, 2.05) is 13.2 Å². The number of aromatic nitrogens is 1. The number of hydrogen-bond acceptors (Lipinski definition) is 2. The summed E-state index contributed by atoms with van der Waals surface area (Å²) in [4.78, 5) is 4.38. The van der Waals surface area contributed by atoms with Gasteiger partial charge in [-0.1, -0.05) is 13.8 Å². The maximum atomic E-state index is 4.38. The minimum Gasteiger partial charge on any atom is -0.317 e. The standard InChI is InChI=1S/C13H21BrN2/c1-10(2)13(15-3)6-4-5-12-8-7-11(14)9-16-12/h7-10,13,15H,4-6H2,1-3H3. The first-order chi connectivity index (χ1) is 7.63. The van der Waals surface area contributed by atoms with Gasteiger partial charge < -0.3 is 5.32 Å². The van der Waals surface area contributed by atoms with E-state index in [-0.39, 0.29) is 0 Å². The number of halogens is 1. The van der Waals surface area contributed by atoms with E-state index in [9.17, 15) is 0 Å². The Bertz CT molecular complexity index is 295. The second kappa shape index (κ2) is 7.02. The van der Waals surface area contributed by atoms with Crippen LogP contribution in [-0.2, 0) is 6.42 Å². The van der Waals surface area contributed by atoms with Crippen molar-refractivity contribution in [2.24, 2.45) is 5.92 Å². The summed E-state index contributed by atoms with van der Waals surface area (Å²) < 4.78 is 1.05. The van der Waals surface area contributed by atoms with E-state index in [2.05, 4.69) is 52.2 Å². The smallest absolute Gasteiger partial charge is 0.0413 e. The molecule has 1 aromatic rings. The minimum absolute atomic E-state index is 0.621. The van der Waals surface area contributed by atoms with Crippen LogP contribution in [0.25, 0.3) is 0 Å². The molecule has 3 heteroatoms. The Balaban J connectivity index is 2.32. The fourth-order valence-corrected chi connectivity index (χ4v) is 2.10. The molecule has 1 N–H and O–H groups in total. The van der Waals surface area contributed by atoms with Crippen molar-refractivity contribution in [1.29, 1.82) is 0 Å². The van der Waals surface area contributed by atoms with Gasteiger partial charge in [0.2, 0.25) is 0 Å². The summed E-state index contributed by atoms with van der Waals surface area (Å²) in [5.74, 6) is 0.697. The van der Waals surface area contributed by atoms with Crippen molar-refractivity contribution in [3.05, 3.63) is 28.5 Å². The van der Waals surface area contributed by atoms with Crippen molar-refractivity contribution >= 4 is 15.9 Å². The van der Waals surface area contributed by atoms with Gasteiger partial charge in [0.1, 0.15) is 0 Å². The van der Waals surface area contributed by atoms with E-state index in [4.69, 9.17) is 0 Å². The highest BCUT2D eigenvalue weighted by molar-refractivity contribution is 9.10. The Kier molecular flexibility index (Phi) is 5.99. The lowest BCUT2D eigenvalue weighted by Gasteiger charge is -2.19. The van der Waals surface area contributed by atoms with E-state index in [0.29, 0.717) is 12.0 Å². The molecule has 0 bridgehead atoms. The van der Waals surface area contributed by atoms with Crippen LogP contribution in [0.15, 0.2) is 22.8 Å². The first kappa shape index (κ1) is 13.7. The van der Waals surface area contributed by atoms with Gasteiger partial charge in [-0.15, -0.1) is 0 Å². The fraction of sp³-hybridized carbons (Fsp3) is 0.615. The molecule has 1 unspecified atom stereocenters. The van der Waals surface area contributed by atoms with Crippen LogP contribution >= 0.6 is 15.9 Å². The Labute approximate surface area is 107 Å². The van der Waals surface area contributed by atoms with E-state index >= 15 is 0 Å². The van der Waals surface area contributed by atoms with Crippen molar-refractivity contribution in [3.8, 4) is 0 Å². The highest BCUT2D eigenvalue weighted by Crippen LogP contribution is 2.12. The molecule has 0 saturated heterocycles. The van der Waals surface area contributed by atoms with Gasteiger partial charge in [0.05, 0.1) is 0 Å². The molecule has 1 rings (SSSR count).